The van der Waals surface area contributed by atoms with Crippen LogP contribution in [0.1, 0.15) is 57.4 Å². The predicted octanol–water partition coefficient (Wildman–Crippen LogP) is 5.49. The van der Waals surface area contributed by atoms with Gasteiger partial charge in [-0.05, 0) is 62.2 Å². The molecule has 0 amide bonds. The van der Waals surface area contributed by atoms with Crippen LogP contribution >= 0.6 is 0 Å². The monoisotopic (exact) mass is 375 g/mol. The first-order valence-corrected chi connectivity index (χ1v) is 10.4. The van der Waals surface area contributed by atoms with Crippen molar-refractivity contribution in [1.82, 2.24) is 0 Å². The van der Waals surface area contributed by atoms with E-state index >= 15 is 0 Å². The van der Waals surface area contributed by atoms with E-state index in [9.17, 15) is 4.79 Å². The van der Waals surface area contributed by atoms with Gasteiger partial charge in [0.2, 0.25) is 0 Å². The van der Waals surface area contributed by atoms with Gasteiger partial charge in [-0.1, -0.05) is 54.5 Å². The smallest absolute Gasteiger partial charge is 0.139 e. The topological polar surface area (TPSA) is 52.3 Å². The third kappa shape index (κ3) is 3.90. The van der Waals surface area contributed by atoms with Gasteiger partial charge in [0, 0.05) is 12.0 Å². The molecular weight excluding hydrogens is 346 g/mol. The molecule has 1 aromatic carbocycles. The second-order valence-corrected chi connectivity index (χ2v) is 8.27. The molecule has 1 aromatic rings. The van der Waals surface area contributed by atoms with Crippen molar-refractivity contribution >= 4 is 11.9 Å². The minimum absolute atomic E-state index is 0.305. The summed E-state index contributed by atoms with van der Waals surface area (Å²) in [6, 6.07) is 8.32. The first-order chi connectivity index (χ1) is 13.6. The van der Waals surface area contributed by atoms with Crippen molar-refractivity contribution in [3.63, 3.8) is 0 Å². The zero-order chi connectivity index (χ0) is 19.6. The molecule has 0 radical (unpaired) electrons. The predicted molar refractivity (Wildman–Crippen MR) is 114 cm³/mol. The SMILES string of the molecule is CCC1=CCCC(c2ccccc2OC2=CC=C3CCC(N)(C=O)CC3C2)=C1. The van der Waals surface area contributed by atoms with Crippen molar-refractivity contribution in [3.8, 4) is 5.75 Å². The van der Waals surface area contributed by atoms with Crippen LogP contribution in [0.25, 0.3) is 5.57 Å². The van der Waals surface area contributed by atoms with Gasteiger partial charge < -0.3 is 15.3 Å². The standard InChI is InChI=1S/C25H29NO2/c1-2-18-6-5-7-20(14-18)23-8-3-4-9-24(23)28-22-11-10-19-12-13-25(26,17-27)16-21(19)15-22/h3-4,6,8-11,14,17,21H,2,5,7,12-13,15-16,26H2,1H3. The van der Waals surface area contributed by atoms with Crippen molar-refractivity contribution < 1.29 is 9.53 Å². The van der Waals surface area contributed by atoms with Gasteiger partial charge in [0.1, 0.15) is 17.8 Å². The fraction of sp³-hybridized carbons (Fsp3) is 0.400. The first-order valence-electron chi connectivity index (χ1n) is 10.4. The van der Waals surface area contributed by atoms with Crippen LogP contribution in [0.15, 0.2) is 65.5 Å². The van der Waals surface area contributed by atoms with E-state index in [4.69, 9.17) is 10.5 Å². The third-order valence-corrected chi connectivity index (χ3v) is 6.26. The minimum Gasteiger partial charge on any atom is -0.461 e. The largest absolute Gasteiger partial charge is 0.461 e. The quantitative estimate of drug-likeness (QED) is 0.692. The second kappa shape index (κ2) is 7.92. The molecular formula is C25H29NO2. The molecule has 3 nitrogen and oxygen atoms in total. The minimum atomic E-state index is -0.682. The number of hydrogen-bond acceptors (Lipinski definition) is 3. The number of allylic oxidation sites excluding steroid dienone is 8. The Labute approximate surface area is 167 Å². The van der Waals surface area contributed by atoms with E-state index in [1.54, 1.807) is 0 Å². The zero-order valence-corrected chi connectivity index (χ0v) is 16.6. The van der Waals surface area contributed by atoms with Crippen LogP contribution in [0.3, 0.4) is 0 Å². The van der Waals surface area contributed by atoms with Crippen molar-refractivity contribution in [2.75, 3.05) is 0 Å². The molecule has 0 saturated heterocycles. The molecule has 4 rings (SSSR count). The Bertz CT molecular complexity index is 890. The van der Waals surface area contributed by atoms with E-state index in [0.717, 1.165) is 56.3 Å². The van der Waals surface area contributed by atoms with E-state index in [1.807, 2.05) is 6.07 Å². The van der Waals surface area contributed by atoms with Gasteiger partial charge >= 0.3 is 0 Å². The molecule has 0 aromatic heterocycles. The number of para-hydroxylation sites is 1. The zero-order valence-electron chi connectivity index (χ0n) is 16.6. The van der Waals surface area contributed by atoms with Gasteiger partial charge in [-0.25, -0.2) is 0 Å². The molecule has 3 aliphatic rings. The van der Waals surface area contributed by atoms with E-state index in [-0.39, 0.29) is 0 Å². The third-order valence-electron chi connectivity index (χ3n) is 6.26. The maximum absolute atomic E-state index is 11.4. The van der Waals surface area contributed by atoms with Gasteiger partial charge in [-0.2, -0.15) is 0 Å². The fourth-order valence-corrected chi connectivity index (χ4v) is 4.58. The summed E-state index contributed by atoms with van der Waals surface area (Å²) in [7, 11) is 0. The Hall–Kier alpha value is -2.39. The molecule has 3 heteroatoms. The van der Waals surface area contributed by atoms with Crippen LogP contribution in [0, 0.1) is 5.92 Å². The summed E-state index contributed by atoms with van der Waals surface area (Å²) in [5.41, 5.74) is 10.9. The highest BCUT2D eigenvalue weighted by atomic mass is 16.5. The van der Waals surface area contributed by atoms with Crippen molar-refractivity contribution in [2.24, 2.45) is 11.7 Å². The highest BCUT2D eigenvalue weighted by molar-refractivity contribution is 5.74. The molecule has 2 N–H and O–H groups in total. The summed E-state index contributed by atoms with van der Waals surface area (Å²) in [5.74, 6) is 2.18. The highest BCUT2D eigenvalue weighted by Crippen LogP contribution is 2.41. The normalized spacial score (nSPS) is 27.0. The Kier molecular flexibility index (Phi) is 5.36. The molecule has 0 aliphatic heterocycles. The summed E-state index contributed by atoms with van der Waals surface area (Å²) in [6.07, 6.45) is 16.2. The van der Waals surface area contributed by atoms with Crippen LogP contribution in [0.2, 0.25) is 0 Å². The lowest BCUT2D eigenvalue weighted by Gasteiger charge is -2.37. The van der Waals surface area contributed by atoms with Crippen LogP contribution in [-0.4, -0.2) is 11.8 Å². The molecule has 146 valence electrons. The van der Waals surface area contributed by atoms with E-state index in [0.29, 0.717) is 12.3 Å². The van der Waals surface area contributed by atoms with Crippen molar-refractivity contribution in [1.29, 1.82) is 0 Å². The summed E-state index contributed by atoms with van der Waals surface area (Å²) >= 11 is 0. The van der Waals surface area contributed by atoms with Gasteiger partial charge in [0.25, 0.3) is 0 Å². The van der Waals surface area contributed by atoms with Gasteiger partial charge in [0.15, 0.2) is 0 Å². The molecule has 1 fully saturated rings. The van der Waals surface area contributed by atoms with Crippen LogP contribution in [0.5, 0.6) is 5.75 Å². The fourth-order valence-electron chi connectivity index (χ4n) is 4.58. The average molecular weight is 376 g/mol. The Morgan fingerprint density at radius 1 is 1.25 bits per heavy atom. The molecule has 2 unspecified atom stereocenters. The number of aldehydes is 1. The Morgan fingerprint density at radius 3 is 2.93 bits per heavy atom. The summed E-state index contributed by atoms with van der Waals surface area (Å²) in [4.78, 5) is 11.4. The van der Waals surface area contributed by atoms with E-state index in [1.165, 1.54) is 22.3 Å². The molecule has 3 aliphatic carbocycles. The van der Waals surface area contributed by atoms with Crippen LogP contribution < -0.4 is 10.5 Å². The van der Waals surface area contributed by atoms with Gasteiger partial charge in [0.05, 0.1) is 5.54 Å². The maximum atomic E-state index is 11.4. The molecule has 28 heavy (non-hydrogen) atoms. The molecule has 1 saturated carbocycles. The summed E-state index contributed by atoms with van der Waals surface area (Å²) in [5, 5.41) is 0. The lowest BCUT2D eigenvalue weighted by atomic mass is 9.71. The van der Waals surface area contributed by atoms with E-state index in [2.05, 4.69) is 49.4 Å². The number of rotatable bonds is 5. The molecule has 0 heterocycles. The number of fused-ring (bicyclic) bond motifs is 1. The average Bonchev–Trinajstić information content (AvgIpc) is 2.74. The van der Waals surface area contributed by atoms with Crippen LogP contribution in [0.4, 0.5) is 0 Å². The first kappa shape index (κ1) is 18.9. The number of hydrogen-bond donors (Lipinski definition) is 1. The van der Waals surface area contributed by atoms with E-state index < -0.39 is 5.54 Å². The number of nitrogens with two attached hydrogens (primary N) is 1. The molecule has 2 atom stereocenters. The number of ether oxygens (including phenoxy) is 1. The van der Waals surface area contributed by atoms with Crippen LogP contribution in [-0.2, 0) is 4.79 Å². The number of benzene rings is 1. The lowest BCUT2D eigenvalue weighted by molar-refractivity contribution is -0.113. The number of carbonyl (C=O) groups is 1. The second-order valence-electron chi connectivity index (χ2n) is 8.27. The molecule has 0 spiro atoms. The van der Waals surface area contributed by atoms with Crippen molar-refractivity contribution in [2.45, 2.75) is 57.4 Å². The van der Waals surface area contributed by atoms with Gasteiger partial charge in [-0.15, -0.1) is 0 Å². The Balaban J connectivity index is 1.55. The maximum Gasteiger partial charge on any atom is 0.139 e. The van der Waals surface area contributed by atoms with Crippen molar-refractivity contribution in [3.05, 3.63) is 71.0 Å². The lowest BCUT2D eigenvalue weighted by Crippen LogP contribution is -2.46. The highest BCUT2D eigenvalue weighted by Gasteiger charge is 2.36. The summed E-state index contributed by atoms with van der Waals surface area (Å²) in [6.45, 7) is 2.20. The summed E-state index contributed by atoms with van der Waals surface area (Å²) < 4.78 is 6.39. The Morgan fingerprint density at radius 2 is 2.11 bits per heavy atom. The number of carbonyl (C=O) groups excluding carboxylic acids is 1. The van der Waals surface area contributed by atoms with Gasteiger partial charge in [-0.3, -0.25) is 0 Å². The molecule has 0 bridgehead atoms.